The molecule has 0 aromatic carbocycles. The highest BCUT2D eigenvalue weighted by atomic mass is 16.1. The monoisotopic (exact) mass is 172 g/mol. The van der Waals surface area contributed by atoms with Crippen molar-refractivity contribution in [1.82, 2.24) is 0 Å². The first-order chi connectivity index (χ1) is 6.38. The molecule has 3 aliphatic carbocycles. The van der Waals surface area contributed by atoms with Crippen molar-refractivity contribution in [2.24, 2.45) is 17.8 Å². The van der Waals surface area contributed by atoms with Crippen LogP contribution in [0.25, 0.3) is 0 Å². The van der Waals surface area contributed by atoms with E-state index in [1.165, 1.54) is 5.57 Å². The molecule has 1 nitrogen and oxygen atoms in total. The molecule has 0 aliphatic heterocycles. The van der Waals surface area contributed by atoms with E-state index in [4.69, 9.17) is 0 Å². The molecule has 0 N–H and O–H groups in total. The second-order valence-electron chi connectivity index (χ2n) is 4.04. The van der Waals surface area contributed by atoms with E-state index < -0.39 is 0 Å². The van der Waals surface area contributed by atoms with Crippen molar-refractivity contribution in [2.75, 3.05) is 0 Å². The lowest BCUT2D eigenvalue weighted by Gasteiger charge is -2.20. The third-order valence-corrected chi connectivity index (χ3v) is 3.40. The summed E-state index contributed by atoms with van der Waals surface area (Å²) in [7, 11) is 0. The molecular weight excluding hydrogens is 160 g/mol. The van der Waals surface area contributed by atoms with Crippen molar-refractivity contribution >= 4 is 5.78 Å². The van der Waals surface area contributed by atoms with Crippen LogP contribution >= 0.6 is 0 Å². The Balaban J connectivity index is 2.03. The minimum Gasteiger partial charge on any atom is -0.298 e. The maximum atomic E-state index is 11.8. The first-order valence-corrected chi connectivity index (χ1v) is 4.95. The number of hydrogen-bond donors (Lipinski definition) is 0. The summed E-state index contributed by atoms with van der Waals surface area (Å²) in [5.41, 5.74) is 1.39. The summed E-state index contributed by atoms with van der Waals surface area (Å²) in [6.45, 7) is 0. The predicted octanol–water partition coefficient (Wildman–Crippen LogP) is 2.26. The van der Waals surface area contributed by atoms with Gasteiger partial charge < -0.3 is 0 Å². The summed E-state index contributed by atoms with van der Waals surface area (Å²) in [6, 6.07) is 0. The van der Waals surface area contributed by atoms with Gasteiger partial charge in [0, 0.05) is 17.8 Å². The van der Waals surface area contributed by atoms with Gasteiger partial charge in [-0.3, -0.25) is 4.79 Å². The van der Waals surface area contributed by atoms with E-state index in [2.05, 4.69) is 30.4 Å². The van der Waals surface area contributed by atoms with Crippen molar-refractivity contribution < 1.29 is 4.79 Å². The zero-order valence-electron chi connectivity index (χ0n) is 7.44. The molecule has 0 bridgehead atoms. The van der Waals surface area contributed by atoms with Crippen LogP contribution in [0, 0.1) is 17.8 Å². The van der Waals surface area contributed by atoms with E-state index in [0.29, 0.717) is 11.7 Å². The molecule has 0 radical (unpaired) electrons. The normalized spacial score (nSPS) is 40.5. The Labute approximate surface area is 77.8 Å². The van der Waals surface area contributed by atoms with E-state index in [1.54, 1.807) is 0 Å². The molecule has 0 amide bonds. The standard InChI is InChI=1S/C12H12O/c13-12-10-5-3-1-2-4-8(10)9-6-7-11(9)12/h1,3-4,6-7,9-11H,2,5H2. The van der Waals surface area contributed by atoms with Crippen molar-refractivity contribution in [3.63, 3.8) is 0 Å². The van der Waals surface area contributed by atoms with Crippen molar-refractivity contribution in [3.8, 4) is 0 Å². The highest BCUT2D eigenvalue weighted by Gasteiger charge is 2.46. The predicted molar refractivity (Wildman–Crippen MR) is 51.1 cm³/mol. The van der Waals surface area contributed by atoms with Gasteiger partial charge in [-0.15, -0.1) is 0 Å². The summed E-state index contributed by atoms with van der Waals surface area (Å²) in [4.78, 5) is 11.8. The fourth-order valence-electron chi connectivity index (χ4n) is 2.62. The van der Waals surface area contributed by atoms with Crippen LogP contribution in [0.15, 0.2) is 36.0 Å². The lowest BCUT2D eigenvalue weighted by molar-refractivity contribution is -0.122. The number of carbonyl (C=O) groups excluding carboxylic acids is 1. The molecule has 3 aliphatic rings. The highest BCUT2D eigenvalue weighted by molar-refractivity contribution is 5.94. The molecule has 3 unspecified atom stereocenters. The number of allylic oxidation sites excluding steroid dienone is 6. The summed E-state index contributed by atoms with van der Waals surface area (Å²) < 4.78 is 0. The van der Waals surface area contributed by atoms with Crippen molar-refractivity contribution in [1.29, 1.82) is 0 Å². The Morgan fingerprint density at radius 1 is 1.15 bits per heavy atom. The van der Waals surface area contributed by atoms with E-state index in [9.17, 15) is 4.79 Å². The molecule has 66 valence electrons. The number of ketones is 1. The lowest BCUT2D eigenvalue weighted by Crippen LogP contribution is -2.19. The molecule has 0 aromatic rings. The van der Waals surface area contributed by atoms with Gasteiger partial charge in [-0.25, -0.2) is 0 Å². The molecule has 0 aromatic heterocycles. The van der Waals surface area contributed by atoms with Crippen LogP contribution in [0.2, 0.25) is 0 Å². The van der Waals surface area contributed by atoms with Gasteiger partial charge in [0.15, 0.2) is 0 Å². The van der Waals surface area contributed by atoms with E-state index in [1.807, 2.05) is 0 Å². The van der Waals surface area contributed by atoms with Crippen LogP contribution in [0.3, 0.4) is 0 Å². The van der Waals surface area contributed by atoms with Crippen molar-refractivity contribution in [3.05, 3.63) is 36.0 Å². The largest absolute Gasteiger partial charge is 0.298 e. The van der Waals surface area contributed by atoms with Crippen LogP contribution in [0.1, 0.15) is 12.8 Å². The van der Waals surface area contributed by atoms with Gasteiger partial charge in [0.2, 0.25) is 0 Å². The molecule has 3 rings (SSSR count). The molecule has 0 saturated heterocycles. The first-order valence-electron chi connectivity index (χ1n) is 4.95. The van der Waals surface area contributed by atoms with Crippen LogP contribution in [-0.2, 0) is 4.79 Å². The van der Waals surface area contributed by atoms with Crippen LogP contribution in [0.4, 0.5) is 0 Å². The number of carbonyl (C=O) groups is 1. The number of hydrogen-bond acceptors (Lipinski definition) is 1. The Morgan fingerprint density at radius 2 is 2.00 bits per heavy atom. The average Bonchev–Trinajstić information content (AvgIpc) is 2.29. The Bertz CT molecular complexity index is 346. The van der Waals surface area contributed by atoms with Gasteiger partial charge in [-0.2, -0.15) is 0 Å². The average molecular weight is 172 g/mol. The SMILES string of the molecule is O=C1C2CC=CCC=C2C2C=CC12. The zero-order valence-corrected chi connectivity index (χ0v) is 7.44. The summed E-state index contributed by atoms with van der Waals surface area (Å²) in [5.74, 6) is 1.37. The molecular formula is C12H12O. The highest BCUT2D eigenvalue weighted by Crippen LogP contribution is 2.47. The summed E-state index contributed by atoms with van der Waals surface area (Å²) in [5, 5.41) is 0. The van der Waals surface area contributed by atoms with E-state index in [-0.39, 0.29) is 11.8 Å². The third kappa shape index (κ3) is 0.846. The zero-order chi connectivity index (χ0) is 8.84. The summed E-state index contributed by atoms with van der Waals surface area (Å²) in [6.07, 6.45) is 12.7. The minimum absolute atomic E-state index is 0.212. The lowest BCUT2D eigenvalue weighted by atomic mass is 9.83. The number of Topliss-reactive ketones (excluding diaryl/α,β-unsaturated/α-hetero) is 1. The van der Waals surface area contributed by atoms with Crippen LogP contribution < -0.4 is 0 Å². The molecule has 1 fully saturated rings. The van der Waals surface area contributed by atoms with Gasteiger partial charge in [0.1, 0.15) is 5.78 Å². The molecule has 1 heteroatoms. The molecule has 0 heterocycles. The fourth-order valence-corrected chi connectivity index (χ4v) is 2.62. The Morgan fingerprint density at radius 3 is 2.77 bits per heavy atom. The van der Waals surface area contributed by atoms with E-state index in [0.717, 1.165) is 12.8 Å². The second kappa shape index (κ2) is 2.44. The minimum atomic E-state index is 0.212. The molecule has 0 spiro atoms. The third-order valence-electron chi connectivity index (χ3n) is 3.40. The van der Waals surface area contributed by atoms with E-state index >= 15 is 0 Å². The van der Waals surface area contributed by atoms with Gasteiger partial charge in [-0.05, 0) is 12.8 Å². The van der Waals surface area contributed by atoms with Gasteiger partial charge >= 0.3 is 0 Å². The molecule has 3 atom stereocenters. The number of rotatable bonds is 0. The van der Waals surface area contributed by atoms with Crippen LogP contribution in [0.5, 0.6) is 0 Å². The van der Waals surface area contributed by atoms with Crippen LogP contribution in [-0.4, -0.2) is 5.78 Å². The quantitative estimate of drug-likeness (QED) is 0.512. The first kappa shape index (κ1) is 7.31. The van der Waals surface area contributed by atoms with Gasteiger partial charge in [0.05, 0.1) is 0 Å². The fraction of sp³-hybridized carbons (Fsp3) is 0.417. The molecule has 1 saturated carbocycles. The second-order valence-corrected chi connectivity index (χ2v) is 4.04. The maximum absolute atomic E-state index is 11.8. The Kier molecular flexibility index (Phi) is 1.37. The maximum Gasteiger partial charge on any atom is 0.148 e. The van der Waals surface area contributed by atoms with Gasteiger partial charge in [0.25, 0.3) is 0 Å². The van der Waals surface area contributed by atoms with Crippen molar-refractivity contribution in [2.45, 2.75) is 12.8 Å². The smallest absolute Gasteiger partial charge is 0.148 e. The molecule has 13 heavy (non-hydrogen) atoms. The van der Waals surface area contributed by atoms with Gasteiger partial charge in [-0.1, -0.05) is 36.0 Å². The summed E-state index contributed by atoms with van der Waals surface area (Å²) >= 11 is 0. The number of fused-ring (bicyclic) bond motifs is 3. The topological polar surface area (TPSA) is 17.1 Å². The Hall–Kier alpha value is -1.11.